The molecule has 0 aliphatic heterocycles. The Balaban J connectivity index is 2.60. The third-order valence-electron chi connectivity index (χ3n) is 2.41. The second-order valence-electron chi connectivity index (χ2n) is 3.71. The number of nitrogens with one attached hydrogen (secondary N) is 1. The summed E-state index contributed by atoms with van der Waals surface area (Å²) in [5.41, 5.74) is 0.849. The summed E-state index contributed by atoms with van der Waals surface area (Å²) in [4.78, 5) is 0. The van der Waals surface area contributed by atoms with E-state index in [2.05, 4.69) is 5.32 Å². The molecule has 0 bridgehead atoms. The minimum atomic E-state index is -0.237. The van der Waals surface area contributed by atoms with Crippen LogP contribution in [0.4, 0.5) is 4.39 Å². The lowest BCUT2D eigenvalue weighted by Gasteiger charge is -2.18. The predicted molar refractivity (Wildman–Crippen MR) is 65.5 cm³/mol. The first-order valence-corrected chi connectivity index (χ1v) is 5.84. The van der Waals surface area contributed by atoms with Crippen LogP contribution in [-0.2, 0) is 9.47 Å². The van der Waals surface area contributed by atoms with Crippen LogP contribution < -0.4 is 5.32 Å². The van der Waals surface area contributed by atoms with Crippen molar-refractivity contribution < 1.29 is 13.9 Å². The van der Waals surface area contributed by atoms with Gasteiger partial charge in [-0.25, -0.2) is 4.39 Å². The van der Waals surface area contributed by atoms with E-state index in [1.54, 1.807) is 13.2 Å². The Morgan fingerprint density at radius 3 is 2.82 bits per heavy atom. The molecule has 1 rings (SSSR count). The molecule has 0 heterocycles. The first-order chi connectivity index (χ1) is 8.27. The van der Waals surface area contributed by atoms with Crippen molar-refractivity contribution in [3.8, 4) is 0 Å². The SMILES string of the molecule is CCNCC(OCCOC)c1cccc(F)c1. The Morgan fingerprint density at radius 1 is 1.35 bits per heavy atom. The van der Waals surface area contributed by atoms with Gasteiger partial charge in [0.1, 0.15) is 5.82 Å². The molecule has 0 aromatic heterocycles. The van der Waals surface area contributed by atoms with E-state index >= 15 is 0 Å². The molecule has 0 radical (unpaired) electrons. The molecule has 0 saturated carbocycles. The van der Waals surface area contributed by atoms with E-state index < -0.39 is 0 Å². The quantitative estimate of drug-likeness (QED) is 0.707. The molecule has 1 N–H and O–H groups in total. The Bertz CT molecular complexity index is 320. The van der Waals surface area contributed by atoms with E-state index in [0.717, 1.165) is 12.1 Å². The maximum Gasteiger partial charge on any atom is 0.123 e. The molecule has 1 aromatic rings. The molecule has 1 atom stereocenters. The molecule has 0 fully saturated rings. The molecular formula is C13H20FNO2. The zero-order valence-electron chi connectivity index (χ0n) is 10.4. The maximum atomic E-state index is 13.1. The number of ether oxygens (including phenoxy) is 2. The van der Waals surface area contributed by atoms with Crippen LogP contribution >= 0.6 is 0 Å². The number of methoxy groups -OCH3 is 1. The second kappa shape index (κ2) is 8.17. The molecule has 0 aliphatic rings. The van der Waals surface area contributed by atoms with Gasteiger partial charge in [0.15, 0.2) is 0 Å². The van der Waals surface area contributed by atoms with E-state index in [-0.39, 0.29) is 11.9 Å². The molecule has 0 aliphatic carbocycles. The monoisotopic (exact) mass is 241 g/mol. The maximum absolute atomic E-state index is 13.1. The van der Waals surface area contributed by atoms with Gasteiger partial charge in [-0.3, -0.25) is 0 Å². The summed E-state index contributed by atoms with van der Waals surface area (Å²) in [5.74, 6) is -0.237. The van der Waals surface area contributed by atoms with Crippen LogP contribution in [0.2, 0.25) is 0 Å². The van der Waals surface area contributed by atoms with Gasteiger partial charge in [-0.1, -0.05) is 19.1 Å². The van der Waals surface area contributed by atoms with E-state index in [0.29, 0.717) is 19.8 Å². The van der Waals surface area contributed by atoms with Gasteiger partial charge >= 0.3 is 0 Å². The van der Waals surface area contributed by atoms with E-state index in [1.807, 2.05) is 13.0 Å². The van der Waals surface area contributed by atoms with Crippen LogP contribution in [0.5, 0.6) is 0 Å². The van der Waals surface area contributed by atoms with Gasteiger partial charge in [-0.05, 0) is 24.2 Å². The summed E-state index contributed by atoms with van der Waals surface area (Å²) in [6, 6.07) is 6.51. The first-order valence-electron chi connectivity index (χ1n) is 5.84. The zero-order chi connectivity index (χ0) is 12.5. The van der Waals surface area contributed by atoms with Crippen LogP contribution in [0, 0.1) is 5.82 Å². The highest BCUT2D eigenvalue weighted by atomic mass is 19.1. The number of benzene rings is 1. The smallest absolute Gasteiger partial charge is 0.123 e. The van der Waals surface area contributed by atoms with Crippen LogP contribution in [0.15, 0.2) is 24.3 Å². The fourth-order valence-corrected chi connectivity index (χ4v) is 1.53. The molecule has 0 saturated heterocycles. The summed E-state index contributed by atoms with van der Waals surface area (Å²) in [7, 11) is 1.63. The molecule has 1 aromatic carbocycles. The predicted octanol–water partition coefficient (Wildman–Crippen LogP) is 2.14. The molecule has 0 spiro atoms. The van der Waals surface area contributed by atoms with Crippen molar-refractivity contribution in [1.29, 1.82) is 0 Å². The van der Waals surface area contributed by atoms with Gasteiger partial charge in [0.05, 0.1) is 19.3 Å². The third kappa shape index (κ3) is 5.26. The highest BCUT2D eigenvalue weighted by Gasteiger charge is 2.11. The van der Waals surface area contributed by atoms with Crippen molar-refractivity contribution in [2.24, 2.45) is 0 Å². The van der Waals surface area contributed by atoms with Gasteiger partial charge in [0.2, 0.25) is 0 Å². The number of halogens is 1. The molecule has 0 amide bonds. The molecule has 3 nitrogen and oxygen atoms in total. The van der Waals surface area contributed by atoms with Crippen molar-refractivity contribution in [1.82, 2.24) is 5.32 Å². The Kier molecular flexibility index (Phi) is 6.77. The molecule has 96 valence electrons. The summed E-state index contributed by atoms with van der Waals surface area (Å²) < 4.78 is 23.7. The largest absolute Gasteiger partial charge is 0.382 e. The van der Waals surface area contributed by atoms with Crippen molar-refractivity contribution in [3.05, 3.63) is 35.6 Å². The topological polar surface area (TPSA) is 30.5 Å². The molecular weight excluding hydrogens is 221 g/mol. The van der Waals surface area contributed by atoms with Crippen LogP contribution in [0.25, 0.3) is 0 Å². The van der Waals surface area contributed by atoms with E-state index in [4.69, 9.17) is 9.47 Å². The average molecular weight is 241 g/mol. The Labute approximate surface area is 102 Å². The lowest BCUT2D eigenvalue weighted by Crippen LogP contribution is -2.24. The van der Waals surface area contributed by atoms with Crippen molar-refractivity contribution >= 4 is 0 Å². The van der Waals surface area contributed by atoms with E-state index in [9.17, 15) is 4.39 Å². The van der Waals surface area contributed by atoms with E-state index in [1.165, 1.54) is 12.1 Å². The molecule has 4 heteroatoms. The standard InChI is InChI=1S/C13H20FNO2/c1-3-15-10-13(17-8-7-16-2)11-5-4-6-12(14)9-11/h4-6,9,13,15H,3,7-8,10H2,1-2H3. The fraction of sp³-hybridized carbons (Fsp3) is 0.538. The number of hydrogen-bond donors (Lipinski definition) is 1. The normalized spacial score (nSPS) is 12.6. The second-order valence-corrected chi connectivity index (χ2v) is 3.71. The average Bonchev–Trinajstić information content (AvgIpc) is 2.33. The first kappa shape index (κ1) is 14.1. The van der Waals surface area contributed by atoms with Crippen LogP contribution in [-0.4, -0.2) is 33.4 Å². The highest BCUT2D eigenvalue weighted by molar-refractivity contribution is 5.19. The molecule has 17 heavy (non-hydrogen) atoms. The van der Waals surface area contributed by atoms with Gasteiger partial charge in [0, 0.05) is 13.7 Å². The minimum Gasteiger partial charge on any atom is -0.382 e. The Morgan fingerprint density at radius 2 is 2.18 bits per heavy atom. The number of likely N-dealkylation sites (N-methyl/N-ethyl adjacent to an activating group) is 1. The van der Waals surface area contributed by atoms with Crippen molar-refractivity contribution in [2.45, 2.75) is 13.0 Å². The zero-order valence-corrected chi connectivity index (χ0v) is 10.4. The van der Waals surface area contributed by atoms with Crippen molar-refractivity contribution in [3.63, 3.8) is 0 Å². The lowest BCUT2D eigenvalue weighted by molar-refractivity contribution is 0.0167. The third-order valence-corrected chi connectivity index (χ3v) is 2.41. The Hall–Kier alpha value is -0.970. The van der Waals surface area contributed by atoms with Crippen LogP contribution in [0.3, 0.4) is 0 Å². The highest BCUT2D eigenvalue weighted by Crippen LogP contribution is 2.17. The summed E-state index contributed by atoms with van der Waals surface area (Å²) in [5, 5.41) is 3.20. The number of hydrogen-bond acceptors (Lipinski definition) is 3. The van der Waals surface area contributed by atoms with Gasteiger partial charge in [-0.15, -0.1) is 0 Å². The fourth-order valence-electron chi connectivity index (χ4n) is 1.53. The van der Waals surface area contributed by atoms with Gasteiger partial charge < -0.3 is 14.8 Å². The summed E-state index contributed by atoms with van der Waals surface area (Å²) >= 11 is 0. The van der Waals surface area contributed by atoms with Gasteiger partial charge in [0.25, 0.3) is 0 Å². The number of rotatable bonds is 8. The van der Waals surface area contributed by atoms with Gasteiger partial charge in [-0.2, -0.15) is 0 Å². The summed E-state index contributed by atoms with van der Waals surface area (Å²) in [6.07, 6.45) is -0.138. The summed E-state index contributed by atoms with van der Waals surface area (Å²) in [6.45, 7) is 4.60. The minimum absolute atomic E-state index is 0.138. The van der Waals surface area contributed by atoms with Crippen molar-refractivity contribution in [2.75, 3.05) is 33.4 Å². The lowest BCUT2D eigenvalue weighted by atomic mass is 10.1. The molecule has 1 unspecified atom stereocenters. The van der Waals surface area contributed by atoms with Crippen LogP contribution in [0.1, 0.15) is 18.6 Å².